The van der Waals surface area contributed by atoms with E-state index in [1.165, 1.54) is 6.92 Å². The van der Waals surface area contributed by atoms with Gasteiger partial charge in [-0.25, -0.2) is 4.79 Å². The maximum absolute atomic E-state index is 12.4. The minimum absolute atomic E-state index is 0.151. The van der Waals surface area contributed by atoms with E-state index in [0.717, 1.165) is 7.11 Å². The second-order valence-electron chi connectivity index (χ2n) is 6.36. The molecule has 156 valence electrons. The average molecular weight is 390 g/mol. The van der Waals surface area contributed by atoms with Crippen molar-refractivity contribution in [3.8, 4) is 0 Å². The van der Waals surface area contributed by atoms with E-state index < -0.39 is 40.8 Å². The second-order valence-corrected chi connectivity index (χ2v) is 6.36. The van der Waals surface area contributed by atoms with Gasteiger partial charge in [-0.1, -0.05) is 39.5 Å². The van der Waals surface area contributed by atoms with E-state index in [-0.39, 0.29) is 19.4 Å². The first-order valence-corrected chi connectivity index (χ1v) is 9.04. The lowest BCUT2D eigenvalue weighted by Crippen LogP contribution is -2.67. The maximum Gasteiger partial charge on any atom is 0.338 e. The molecule has 0 fully saturated rings. The van der Waals surface area contributed by atoms with Crippen LogP contribution in [-0.4, -0.2) is 58.5 Å². The zero-order valence-electron chi connectivity index (χ0n) is 16.3. The number of carbonyl (C=O) groups is 4. The minimum atomic E-state index is -2.82. The monoisotopic (exact) mass is 390 g/mol. The van der Waals surface area contributed by atoms with Crippen LogP contribution in [0.25, 0.3) is 0 Å². The van der Waals surface area contributed by atoms with Crippen LogP contribution in [-0.2, 0) is 28.7 Å². The molecule has 0 aliphatic carbocycles. The Hall–Kier alpha value is -2.16. The first-order chi connectivity index (χ1) is 12.6. The molecule has 0 aromatic rings. The van der Waals surface area contributed by atoms with Crippen molar-refractivity contribution in [3.63, 3.8) is 0 Å². The molecule has 9 nitrogen and oxygen atoms in total. The molecule has 0 aromatic heterocycles. The van der Waals surface area contributed by atoms with Crippen LogP contribution < -0.4 is 0 Å². The minimum Gasteiger partial charge on any atom is -0.481 e. The fourth-order valence-corrected chi connectivity index (χ4v) is 3.50. The molecule has 0 saturated carbocycles. The largest absolute Gasteiger partial charge is 0.481 e. The van der Waals surface area contributed by atoms with Gasteiger partial charge < -0.3 is 24.8 Å². The van der Waals surface area contributed by atoms with Gasteiger partial charge in [-0.3, -0.25) is 14.4 Å². The fraction of sp³-hybridized carbons (Fsp3) is 0.778. The molecule has 0 aromatic carbocycles. The maximum atomic E-state index is 12.4. The number of carboxylic acid groups (broad SMARTS) is 3. The van der Waals surface area contributed by atoms with Crippen molar-refractivity contribution in [2.75, 3.05) is 13.7 Å². The number of esters is 1. The second kappa shape index (κ2) is 10.9. The summed E-state index contributed by atoms with van der Waals surface area (Å²) in [6.07, 6.45) is 1.45. The van der Waals surface area contributed by atoms with Crippen LogP contribution in [0.2, 0.25) is 0 Å². The van der Waals surface area contributed by atoms with Crippen molar-refractivity contribution in [1.29, 1.82) is 0 Å². The molecule has 0 heterocycles. The molecule has 2 unspecified atom stereocenters. The van der Waals surface area contributed by atoms with Gasteiger partial charge in [0.2, 0.25) is 5.60 Å². The lowest BCUT2D eigenvalue weighted by Gasteiger charge is -2.46. The summed E-state index contributed by atoms with van der Waals surface area (Å²) in [7, 11) is 0.916. The summed E-state index contributed by atoms with van der Waals surface area (Å²) in [6.45, 7) is 4.83. The van der Waals surface area contributed by atoms with E-state index in [0.29, 0.717) is 25.7 Å². The Bertz CT molecular complexity index is 535. The van der Waals surface area contributed by atoms with Crippen molar-refractivity contribution in [2.45, 2.75) is 64.9 Å². The number of aliphatic carboxylic acids is 3. The molecule has 0 aliphatic heterocycles. The van der Waals surface area contributed by atoms with Crippen LogP contribution in [0.1, 0.15) is 59.3 Å². The normalized spacial score (nSPS) is 14.8. The lowest BCUT2D eigenvalue weighted by molar-refractivity contribution is -0.218. The third-order valence-electron chi connectivity index (χ3n) is 4.85. The van der Waals surface area contributed by atoms with Crippen molar-refractivity contribution in [1.82, 2.24) is 0 Å². The van der Waals surface area contributed by atoms with Gasteiger partial charge in [0, 0.05) is 7.11 Å². The quantitative estimate of drug-likeness (QED) is 0.300. The highest BCUT2D eigenvalue weighted by atomic mass is 16.6. The summed E-state index contributed by atoms with van der Waals surface area (Å²) in [4.78, 5) is 49.0. The number of ether oxygens (including phenoxy) is 2. The van der Waals surface area contributed by atoms with Crippen LogP contribution >= 0.6 is 0 Å². The van der Waals surface area contributed by atoms with Crippen molar-refractivity contribution >= 4 is 23.9 Å². The smallest absolute Gasteiger partial charge is 0.338 e. The van der Waals surface area contributed by atoms with Gasteiger partial charge in [0.05, 0.1) is 6.61 Å². The predicted octanol–water partition coefficient (Wildman–Crippen LogP) is 2.17. The van der Waals surface area contributed by atoms with Gasteiger partial charge in [-0.05, 0) is 19.8 Å². The Morgan fingerprint density at radius 3 is 1.63 bits per heavy atom. The third-order valence-corrected chi connectivity index (χ3v) is 4.85. The van der Waals surface area contributed by atoms with Crippen LogP contribution in [0.3, 0.4) is 0 Å². The number of carboxylic acids is 3. The number of rotatable bonds is 14. The van der Waals surface area contributed by atoms with Crippen LogP contribution in [0.15, 0.2) is 0 Å². The molecule has 27 heavy (non-hydrogen) atoms. The Morgan fingerprint density at radius 2 is 1.37 bits per heavy atom. The van der Waals surface area contributed by atoms with Gasteiger partial charge in [-0.2, -0.15) is 0 Å². The van der Waals surface area contributed by atoms with Gasteiger partial charge in [0.1, 0.15) is 5.41 Å². The molecule has 0 radical (unpaired) electrons. The van der Waals surface area contributed by atoms with Crippen molar-refractivity contribution in [2.24, 2.45) is 11.3 Å². The highest BCUT2D eigenvalue weighted by Gasteiger charge is 2.69. The van der Waals surface area contributed by atoms with Gasteiger partial charge in [-0.15, -0.1) is 0 Å². The summed E-state index contributed by atoms with van der Waals surface area (Å²) >= 11 is 0. The van der Waals surface area contributed by atoms with Crippen LogP contribution in [0, 0.1) is 11.3 Å². The highest BCUT2D eigenvalue weighted by molar-refractivity contribution is 6.04. The number of carbonyl (C=O) groups excluding carboxylic acids is 1. The standard InChI is InChI=1S/C18H30O9/c1-5-8-10-17(15(22)23,11-9-6-2)18(26-4,16(24)25)12(13(19)20)14(21)27-7-3/h12H,5-11H2,1-4H3,(H,19,20)(H,22,23)(H,24,25). The molecule has 0 bridgehead atoms. The summed E-state index contributed by atoms with van der Waals surface area (Å²) in [6, 6.07) is 0. The van der Waals surface area contributed by atoms with Crippen molar-refractivity contribution < 1.29 is 44.0 Å². The number of hydrogen-bond donors (Lipinski definition) is 3. The zero-order chi connectivity index (χ0) is 21.3. The van der Waals surface area contributed by atoms with Gasteiger partial charge in [0.25, 0.3) is 0 Å². The van der Waals surface area contributed by atoms with E-state index in [1.54, 1.807) is 13.8 Å². The van der Waals surface area contributed by atoms with Crippen LogP contribution in [0.4, 0.5) is 0 Å². The lowest BCUT2D eigenvalue weighted by atomic mass is 9.60. The number of hydrogen-bond acceptors (Lipinski definition) is 6. The average Bonchev–Trinajstić information content (AvgIpc) is 2.59. The Balaban J connectivity index is 6.88. The molecule has 0 spiro atoms. The molecule has 0 amide bonds. The van der Waals surface area contributed by atoms with Gasteiger partial charge >= 0.3 is 23.9 Å². The SMILES string of the molecule is CCCCC(CCCC)(C(=O)O)C(OC)(C(=O)O)C(C(=O)O)C(=O)OCC. The molecular formula is C18H30O9. The Morgan fingerprint density at radius 1 is 0.889 bits per heavy atom. The molecule has 0 rings (SSSR count). The number of unbranched alkanes of at least 4 members (excludes halogenated alkanes) is 2. The Kier molecular flexibility index (Phi) is 9.99. The molecule has 2 atom stereocenters. The summed E-state index contributed by atoms with van der Waals surface area (Å²) in [5.41, 5.74) is -4.93. The number of methoxy groups -OCH3 is 1. The fourth-order valence-electron chi connectivity index (χ4n) is 3.50. The topological polar surface area (TPSA) is 147 Å². The van der Waals surface area contributed by atoms with Gasteiger partial charge in [0.15, 0.2) is 5.92 Å². The summed E-state index contributed by atoms with van der Waals surface area (Å²) in [5.74, 6) is -8.81. The van der Waals surface area contributed by atoms with E-state index in [4.69, 9.17) is 9.47 Å². The van der Waals surface area contributed by atoms with Crippen molar-refractivity contribution in [3.05, 3.63) is 0 Å². The summed E-state index contributed by atoms with van der Waals surface area (Å²) in [5, 5.41) is 29.7. The Labute approximate surface area is 158 Å². The highest BCUT2D eigenvalue weighted by Crippen LogP contribution is 2.49. The first-order valence-electron chi connectivity index (χ1n) is 9.04. The molecule has 3 N–H and O–H groups in total. The predicted molar refractivity (Wildman–Crippen MR) is 94.3 cm³/mol. The molecule has 0 aliphatic rings. The van der Waals surface area contributed by atoms with Crippen LogP contribution in [0.5, 0.6) is 0 Å². The van der Waals surface area contributed by atoms with E-state index in [2.05, 4.69) is 0 Å². The summed E-state index contributed by atoms with van der Waals surface area (Å²) < 4.78 is 9.90. The van der Waals surface area contributed by atoms with E-state index in [1.807, 2.05) is 0 Å². The molecule has 9 heteroatoms. The molecular weight excluding hydrogens is 360 g/mol. The first kappa shape index (κ1) is 24.8. The third kappa shape index (κ3) is 4.77. The zero-order valence-corrected chi connectivity index (χ0v) is 16.3. The van der Waals surface area contributed by atoms with E-state index >= 15 is 0 Å². The molecule has 0 saturated heterocycles. The van der Waals surface area contributed by atoms with E-state index in [9.17, 15) is 34.5 Å².